The summed E-state index contributed by atoms with van der Waals surface area (Å²) in [5.74, 6) is -2.82. The van der Waals surface area contributed by atoms with Gasteiger partial charge < -0.3 is 30.5 Å². The van der Waals surface area contributed by atoms with Crippen LogP contribution in [-0.2, 0) is 38.5 Å². The van der Waals surface area contributed by atoms with Gasteiger partial charge in [-0.25, -0.2) is 8.78 Å². The van der Waals surface area contributed by atoms with Gasteiger partial charge in [0.1, 0.15) is 24.4 Å². The van der Waals surface area contributed by atoms with Gasteiger partial charge in [-0.2, -0.15) is 0 Å². The van der Waals surface area contributed by atoms with Gasteiger partial charge in [0.2, 0.25) is 17.7 Å². The van der Waals surface area contributed by atoms with Crippen molar-refractivity contribution in [1.29, 1.82) is 0 Å². The number of benzene rings is 2. The lowest BCUT2D eigenvalue weighted by Gasteiger charge is -2.42. The van der Waals surface area contributed by atoms with Gasteiger partial charge >= 0.3 is 0 Å². The Balaban J connectivity index is 1.17. The van der Waals surface area contributed by atoms with Crippen molar-refractivity contribution in [2.24, 2.45) is 0 Å². The number of nitrogens with one attached hydrogen (secondary N) is 2. The molecule has 5 aliphatic rings. The number of nitrogens with zero attached hydrogens (tertiary/aromatic N) is 3. The van der Waals surface area contributed by atoms with E-state index in [1.54, 1.807) is 4.90 Å². The van der Waals surface area contributed by atoms with E-state index in [9.17, 15) is 33.4 Å². The first-order chi connectivity index (χ1) is 22.1. The highest BCUT2D eigenvalue weighted by Gasteiger charge is 2.48. The molecule has 4 N–H and O–H groups in total. The summed E-state index contributed by atoms with van der Waals surface area (Å²) in [6, 6.07) is 10.3. The Morgan fingerprint density at radius 3 is 2.35 bits per heavy atom. The standard InChI is InChI=1S/C33H39F2N5O6/c34-23-6-5-18(9-24(23)35)15-38-7-8-39-17-26(38)32(44)36-14-28-31(43)30(42)27(46-28)13-29(41)37-21-12-25(33(39)45)40(16-21)22-10-19-3-1-2-4-20(19)11-22/h1-6,9,21-22,25-28,30-31,42-43H,7-8,10-17H2,(H,36,44)(H,37,41)/t21-,25-,26-,27-,28+,30-,31+/m0/s1. The summed E-state index contributed by atoms with van der Waals surface area (Å²) >= 11 is 0. The molecule has 0 unspecified atom stereocenters. The van der Waals surface area contributed by atoms with E-state index >= 15 is 0 Å². The van der Waals surface area contributed by atoms with Crippen molar-refractivity contribution < 1.29 is 38.1 Å². The van der Waals surface area contributed by atoms with Crippen LogP contribution in [-0.4, -0.2) is 124 Å². The third kappa shape index (κ3) is 6.02. The number of amides is 3. The van der Waals surface area contributed by atoms with Gasteiger partial charge in [0.15, 0.2) is 11.6 Å². The van der Waals surface area contributed by atoms with Crippen molar-refractivity contribution in [3.8, 4) is 0 Å². The highest BCUT2D eigenvalue weighted by atomic mass is 19.2. The van der Waals surface area contributed by atoms with Crippen LogP contribution in [0, 0.1) is 11.6 Å². The molecule has 3 amide bonds. The second-order valence-electron chi connectivity index (χ2n) is 13.2. The zero-order valence-electron chi connectivity index (χ0n) is 25.4. The number of aliphatic hydroxyl groups excluding tert-OH is 2. The second kappa shape index (κ2) is 12.6. The minimum absolute atomic E-state index is 0.0694. The fourth-order valence-corrected chi connectivity index (χ4v) is 7.88. The molecule has 0 saturated carbocycles. The number of carbonyl (C=O) groups excluding carboxylic acids is 3. The van der Waals surface area contributed by atoms with Crippen molar-refractivity contribution in [2.75, 3.05) is 32.7 Å². The lowest BCUT2D eigenvalue weighted by molar-refractivity contribution is -0.143. The van der Waals surface area contributed by atoms with Gasteiger partial charge in [-0.1, -0.05) is 30.3 Å². The Kier molecular flexibility index (Phi) is 8.53. The molecule has 0 aromatic heterocycles. The van der Waals surface area contributed by atoms with Crippen molar-refractivity contribution in [3.05, 3.63) is 70.8 Å². The van der Waals surface area contributed by atoms with Crippen LogP contribution in [0.2, 0.25) is 0 Å². The molecule has 13 heteroatoms. The van der Waals surface area contributed by atoms with Gasteiger partial charge in [-0.05, 0) is 48.1 Å². The smallest absolute Gasteiger partial charge is 0.240 e. The van der Waals surface area contributed by atoms with E-state index in [1.807, 2.05) is 17.0 Å². The van der Waals surface area contributed by atoms with E-state index in [0.29, 0.717) is 31.6 Å². The van der Waals surface area contributed by atoms with Gasteiger partial charge in [0, 0.05) is 51.4 Å². The predicted octanol–water partition coefficient (Wildman–Crippen LogP) is -0.287. The summed E-state index contributed by atoms with van der Waals surface area (Å²) in [4.78, 5) is 46.9. The van der Waals surface area contributed by atoms with Gasteiger partial charge in [0.25, 0.3) is 0 Å². The number of carbonyl (C=O) groups is 3. The van der Waals surface area contributed by atoms with Crippen LogP contribution in [0.3, 0.4) is 0 Å². The first-order valence-electron chi connectivity index (χ1n) is 16.0. The Morgan fingerprint density at radius 1 is 0.870 bits per heavy atom. The third-order valence-corrected chi connectivity index (χ3v) is 10.3. The van der Waals surface area contributed by atoms with E-state index in [1.165, 1.54) is 17.2 Å². The topological polar surface area (TPSA) is 135 Å². The fourth-order valence-electron chi connectivity index (χ4n) is 7.88. The maximum atomic E-state index is 14.3. The summed E-state index contributed by atoms with van der Waals surface area (Å²) in [5.41, 5.74) is 2.97. The van der Waals surface area contributed by atoms with Gasteiger partial charge in [-0.15, -0.1) is 0 Å². The first kappa shape index (κ1) is 31.1. The van der Waals surface area contributed by atoms with Gasteiger partial charge in [-0.3, -0.25) is 24.2 Å². The first-order valence-corrected chi connectivity index (χ1v) is 16.0. The van der Waals surface area contributed by atoms with E-state index in [4.69, 9.17) is 4.74 Å². The minimum Gasteiger partial charge on any atom is -0.388 e. The number of aliphatic hydroxyl groups is 2. The van der Waals surface area contributed by atoms with Crippen LogP contribution in [0.1, 0.15) is 29.5 Å². The molecule has 46 heavy (non-hydrogen) atoms. The SMILES string of the molecule is O=C1C[C@@H]2O[C@H](CNC(=O)[C@@H]3CN(CCN3Cc3ccc(F)c(F)c3)C(=O)[C@@H]3C[C@@H](CN3C3Cc4ccccc4C3)N1)[C@@H](O)[C@H]2O. The lowest BCUT2D eigenvalue weighted by Crippen LogP contribution is -2.62. The average Bonchev–Trinajstić information content (AvgIpc) is 3.73. The molecule has 7 rings (SSSR count). The zero-order chi connectivity index (χ0) is 32.1. The number of fused-ring (bicyclic) bond motifs is 7. The van der Waals surface area contributed by atoms with Crippen molar-refractivity contribution in [2.45, 2.75) is 80.8 Å². The number of hydrogen-bond acceptors (Lipinski definition) is 8. The second-order valence-corrected chi connectivity index (χ2v) is 13.2. The maximum Gasteiger partial charge on any atom is 0.240 e. The number of likely N-dealkylation sites (tertiary alicyclic amines) is 1. The van der Waals surface area contributed by atoms with Crippen LogP contribution in [0.4, 0.5) is 8.78 Å². The van der Waals surface area contributed by atoms with Crippen LogP contribution in [0.5, 0.6) is 0 Å². The Bertz CT molecular complexity index is 1490. The fraction of sp³-hybridized carbons (Fsp3) is 0.545. The summed E-state index contributed by atoms with van der Waals surface area (Å²) < 4.78 is 33.5. The average molecular weight is 640 g/mol. The van der Waals surface area contributed by atoms with Crippen molar-refractivity contribution >= 4 is 17.7 Å². The van der Waals surface area contributed by atoms with Crippen molar-refractivity contribution in [3.63, 3.8) is 0 Å². The summed E-state index contributed by atoms with van der Waals surface area (Å²) in [5, 5.41) is 27.2. The molecule has 4 fully saturated rings. The van der Waals surface area contributed by atoms with E-state index in [2.05, 4.69) is 27.7 Å². The Hall–Kier alpha value is -3.49. The summed E-state index contributed by atoms with van der Waals surface area (Å²) in [6.45, 7) is 1.22. The molecule has 2 aromatic rings. The molecule has 4 aliphatic heterocycles. The molecular formula is C33H39F2N5O6. The lowest BCUT2D eigenvalue weighted by atomic mass is 10.0. The molecule has 7 atom stereocenters. The number of halogens is 2. The molecule has 246 valence electrons. The highest BCUT2D eigenvalue weighted by molar-refractivity contribution is 5.86. The van der Waals surface area contributed by atoms with E-state index in [-0.39, 0.29) is 50.0 Å². The van der Waals surface area contributed by atoms with Crippen LogP contribution >= 0.6 is 0 Å². The van der Waals surface area contributed by atoms with Crippen molar-refractivity contribution in [1.82, 2.24) is 25.3 Å². The van der Waals surface area contributed by atoms with Crippen LogP contribution < -0.4 is 10.6 Å². The molecule has 0 spiro atoms. The van der Waals surface area contributed by atoms with E-state index < -0.39 is 54.0 Å². The molecule has 6 bridgehead atoms. The molecule has 4 heterocycles. The number of rotatable bonds is 3. The number of ether oxygens (including phenoxy) is 1. The molecule has 2 aromatic carbocycles. The monoisotopic (exact) mass is 639 g/mol. The van der Waals surface area contributed by atoms with Crippen LogP contribution in [0.15, 0.2) is 42.5 Å². The molecule has 4 saturated heterocycles. The van der Waals surface area contributed by atoms with Gasteiger partial charge in [0.05, 0.1) is 18.6 Å². The minimum atomic E-state index is -1.32. The number of piperazine rings is 1. The quantitative estimate of drug-likeness (QED) is 0.360. The molecular weight excluding hydrogens is 600 g/mol. The van der Waals surface area contributed by atoms with E-state index in [0.717, 1.165) is 25.0 Å². The summed E-state index contributed by atoms with van der Waals surface area (Å²) in [7, 11) is 0. The highest BCUT2D eigenvalue weighted by Crippen LogP contribution is 2.33. The largest absolute Gasteiger partial charge is 0.388 e. The Morgan fingerprint density at radius 2 is 1.61 bits per heavy atom. The molecule has 0 radical (unpaired) electrons. The summed E-state index contributed by atoms with van der Waals surface area (Å²) in [6.07, 6.45) is -2.74. The van der Waals surface area contributed by atoms with Crippen LogP contribution in [0.25, 0.3) is 0 Å². The molecule has 1 aliphatic carbocycles. The Labute approximate surface area is 265 Å². The third-order valence-electron chi connectivity index (χ3n) is 10.3. The zero-order valence-corrected chi connectivity index (χ0v) is 25.4. The normalized spacial score (nSPS) is 32.8. The predicted molar refractivity (Wildman–Crippen MR) is 160 cm³/mol. The maximum absolute atomic E-state index is 14.3. The molecule has 11 nitrogen and oxygen atoms in total. The number of hydrogen-bond donors (Lipinski definition) is 4.